The van der Waals surface area contributed by atoms with Crippen molar-refractivity contribution in [1.29, 1.82) is 0 Å². The number of ether oxygens (including phenoxy) is 3. The maximum absolute atomic E-state index is 5.53. The Labute approximate surface area is 189 Å². The van der Waals surface area contributed by atoms with Crippen LogP contribution in [0.15, 0.2) is 70.7 Å². The number of para-hydroxylation sites is 1. The van der Waals surface area contributed by atoms with Gasteiger partial charge in [0.15, 0.2) is 11.5 Å². The Morgan fingerprint density at radius 3 is 2.53 bits per heavy atom. The molecule has 164 valence electrons. The molecule has 0 saturated heterocycles. The molecule has 32 heavy (non-hydrogen) atoms. The van der Waals surface area contributed by atoms with Gasteiger partial charge in [-0.1, -0.05) is 24.3 Å². The van der Waals surface area contributed by atoms with Gasteiger partial charge in [0.2, 0.25) is 10.6 Å². The molecule has 0 aliphatic rings. The first-order valence-corrected chi connectivity index (χ1v) is 10.8. The molecule has 0 amide bonds. The highest BCUT2D eigenvalue weighted by molar-refractivity contribution is 7.07. The summed E-state index contributed by atoms with van der Waals surface area (Å²) in [4.78, 5) is 8.64. The second-order valence-corrected chi connectivity index (χ2v) is 7.63. The number of aromatic amines is 1. The predicted molar refractivity (Wildman–Crippen MR) is 129 cm³/mol. The number of methoxy groups -OCH3 is 3. The average Bonchev–Trinajstić information content (AvgIpc) is 3.44. The number of nitrogens with one attached hydrogen (secondary N) is 1. The van der Waals surface area contributed by atoms with Gasteiger partial charge in [0.1, 0.15) is 0 Å². The largest absolute Gasteiger partial charge is 0.493 e. The van der Waals surface area contributed by atoms with E-state index in [-0.39, 0.29) is 0 Å². The lowest BCUT2D eigenvalue weighted by molar-refractivity contribution is 0.324. The Bertz CT molecular complexity index is 1320. The van der Waals surface area contributed by atoms with Crippen molar-refractivity contribution in [3.63, 3.8) is 0 Å². The molecule has 2 heterocycles. The van der Waals surface area contributed by atoms with Crippen molar-refractivity contribution in [2.24, 2.45) is 10.1 Å². The fourth-order valence-electron chi connectivity index (χ4n) is 3.41. The summed E-state index contributed by atoms with van der Waals surface area (Å²) in [7, 11) is 4.79. The van der Waals surface area contributed by atoms with Crippen LogP contribution in [0.1, 0.15) is 5.56 Å². The summed E-state index contributed by atoms with van der Waals surface area (Å²) in [5, 5.41) is 7.89. The van der Waals surface area contributed by atoms with Crippen LogP contribution in [0.4, 0.5) is 0 Å². The Kier molecular flexibility index (Phi) is 6.42. The third-order valence-corrected chi connectivity index (χ3v) is 5.79. The quantitative estimate of drug-likeness (QED) is 0.314. The first-order valence-electron chi connectivity index (χ1n) is 9.93. The van der Waals surface area contributed by atoms with Crippen molar-refractivity contribution < 1.29 is 14.2 Å². The van der Waals surface area contributed by atoms with Crippen molar-refractivity contribution in [1.82, 2.24) is 9.66 Å². The summed E-state index contributed by atoms with van der Waals surface area (Å²) >= 11 is 1.50. The number of H-pyrrole nitrogens is 1. The molecule has 0 fully saturated rings. The molecule has 8 heteroatoms. The lowest BCUT2D eigenvalue weighted by Gasteiger charge is -2.14. The molecule has 0 aliphatic carbocycles. The summed E-state index contributed by atoms with van der Waals surface area (Å²) in [6, 6.07) is 11.9. The number of benzene rings is 2. The molecular weight excluding hydrogens is 424 g/mol. The number of rotatable bonds is 8. The van der Waals surface area contributed by atoms with E-state index in [9.17, 15) is 0 Å². The molecule has 0 spiro atoms. The Morgan fingerprint density at radius 2 is 1.84 bits per heavy atom. The van der Waals surface area contributed by atoms with E-state index in [1.807, 2.05) is 52.8 Å². The fraction of sp³-hybridized carbons (Fsp3) is 0.167. The van der Waals surface area contributed by atoms with Crippen molar-refractivity contribution >= 4 is 28.5 Å². The summed E-state index contributed by atoms with van der Waals surface area (Å²) in [6.45, 7) is 4.27. The predicted octanol–water partition coefficient (Wildman–Crippen LogP) is 4.69. The highest BCUT2D eigenvalue weighted by atomic mass is 32.1. The van der Waals surface area contributed by atoms with Gasteiger partial charge in [-0.3, -0.25) is 4.99 Å². The lowest BCUT2D eigenvalue weighted by Crippen LogP contribution is -2.12. The Hall–Kier alpha value is -3.78. The first-order chi connectivity index (χ1) is 15.7. The number of thiazole rings is 1. The molecule has 0 atom stereocenters. The van der Waals surface area contributed by atoms with Crippen molar-refractivity contribution in [2.45, 2.75) is 0 Å². The van der Waals surface area contributed by atoms with Gasteiger partial charge in [-0.2, -0.15) is 5.10 Å². The average molecular weight is 449 g/mol. The van der Waals surface area contributed by atoms with Gasteiger partial charge in [-0.15, -0.1) is 17.9 Å². The second kappa shape index (κ2) is 9.57. The minimum atomic E-state index is 0.498. The van der Waals surface area contributed by atoms with Gasteiger partial charge in [0.25, 0.3) is 0 Å². The van der Waals surface area contributed by atoms with Crippen LogP contribution in [0.25, 0.3) is 22.2 Å². The molecule has 0 aliphatic heterocycles. The maximum Gasteiger partial charge on any atom is 0.206 e. The summed E-state index contributed by atoms with van der Waals surface area (Å²) in [5.74, 6) is 1.69. The highest BCUT2D eigenvalue weighted by Gasteiger charge is 2.17. The zero-order chi connectivity index (χ0) is 22.5. The topological polar surface area (TPSA) is 73.1 Å². The molecule has 1 N–H and O–H groups in total. The van der Waals surface area contributed by atoms with E-state index >= 15 is 0 Å². The molecule has 4 rings (SSSR count). The third-order valence-electron chi connectivity index (χ3n) is 4.94. The standard InChI is InChI=1S/C24H24N4O3S/c1-5-10-25-24-28(27-14-17-13-26-19-9-7-6-8-18(17)19)20(15-32-24)16-11-21(29-2)23(31-4)22(12-16)30-3/h5-9,11-15,26H,1,10H2,2-4H3. The number of fused-ring (bicyclic) bond motifs is 1. The molecule has 7 nitrogen and oxygen atoms in total. The summed E-state index contributed by atoms with van der Waals surface area (Å²) in [6.07, 6.45) is 5.54. The van der Waals surface area contributed by atoms with Crippen LogP contribution in [0.5, 0.6) is 17.2 Å². The van der Waals surface area contributed by atoms with E-state index in [4.69, 9.17) is 19.3 Å². The van der Waals surface area contributed by atoms with Crippen LogP contribution in [0, 0.1) is 0 Å². The Balaban J connectivity index is 1.86. The molecule has 0 radical (unpaired) electrons. The smallest absolute Gasteiger partial charge is 0.206 e. The molecule has 0 saturated carbocycles. The van der Waals surface area contributed by atoms with Crippen LogP contribution < -0.4 is 19.0 Å². The summed E-state index contributed by atoms with van der Waals surface area (Å²) < 4.78 is 18.3. The normalized spacial score (nSPS) is 11.9. The first kappa shape index (κ1) is 21.5. The van der Waals surface area contributed by atoms with Crippen molar-refractivity contribution in [2.75, 3.05) is 27.9 Å². The molecule has 4 aromatic rings. The van der Waals surface area contributed by atoms with Crippen molar-refractivity contribution in [3.8, 4) is 28.5 Å². The number of nitrogens with zero attached hydrogens (tertiary/aromatic N) is 3. The maximum atomic E-state index is 5.53. The van der Waals surface area contributed by atoms with E-state index in [2.05, 4.69) is 22.6 Å². The number of hydrogen-bond donors (Lipinski definition) is 1. The van der Waals surface area contributed by atoms with Crippen LogP contribution in [-0.2, 0) is 0 Å². The van der Waals surface area contributed by atoms with Crippen LogP contribution in [0.2, 0.25) is 0 Å². The van der Waals surface area contributed by atoms with E-state index < -0.39 is 0 Å². The monoisotopic (exact) mass is 448 g/mol. The second-order valence-electron chi connectivity index (χ2n) is 6.79. The van der Waals surface area contributed by atoms with E-state index in [0.717, 1.165) is 32.5 Å². The van der Waals surface area contributed by atoms with Crippen molar-refractivity contribution in [3.05, 3.63) is 71.0 Å². The molecule has 2 aromatic carbocycles. The fourth-order valence-corrected chi connectivity index (χ4v) is 4.26. The Morgan fingerprint density at radius 1 is 1.09 bits per heavy atom. The SMILES string of the molecule is C=CCN=c1scc(-c2cc(OC)c(OC)c(OC)c2)n1N=Cc1c[nH]c2ccccc12. The van der Waals surface area contributed by atoms with Gasteiger partial charge in [-0.05, 0) is 18.2 Å². The lowest BCUT2D eigenvalue weighted by atomic mass is 10.1. The van der Waals surface area contributed by atoms with E-state index in [0.29, 0.717) is 23.8 Å². The summed E-state index contributed by atoms with van der Waals surface area (Å²) in [5.41, 5.74) is 3.77. The minimum Gasteiger partial charge on any atom is -0.493 e. The van der Waals surface area contributed by atoms with Gasteiger partial charge >= 0.3 is 0 Å². The van der Waals surface area contributed by atoms with Gasteiger partial charge in [-0.25, -0.2) is 4.68 Å². The molecule has 0 bridgehead atoms. The highest BCUT2D eigenvalue weighted by Crippen LogP contribution is 2.41. The zero-order valence-corrected chi connectivity index (χ0v) is 19.0. The van der Waals surface area contributed by atoms with Crippen LogP contribution >= 0.6 is 11.3 Å². The van der Waals surface area contributed by atoms with E-state index in [1.54, 1.807) is 27.4 Å². The molecular formula is C24H24N4O3S. The number of aromatic nitrogens is 2. The number of hydrogen-bond acceptors (Lipinski definition) is 6. The van der Waals surface area contributed by atoms with Gasteiger partial charge < -0.3 is 19.2 Å². The molecule has 2 aromatic heterocycles. The van der Waals surface area contributed by atoms with Crippen LogP contribution in [-0.4, -0.2) is 43.7 Å². The van der Waals surface area contributed by atoms with E-state index in [1.165, 1.54) is 11.3 Å². The van der Waals surface area contributed by atoms with Gasteiger partial charge in [0.05, 0.1) is 39.8 Å². The van der Waals surface area contributed by atoms with Crippen LogP contribution in [0.3, 0.4) is 0 Å². The minimum absolute atomic E-state index is 0.498. The zero-order valence-electron chi connectivity index (χ0n) is 18.2. The third kappa shape index (κ3) is 4.04. The van der Waals surface area contributed by atoms with Gasteiger partial charge in [0, 0.05) is 33.6 Å². The molecule has 0 unspecified atom stereocenters.